The Kier molecular flexibility index (Phi) is 2.42. The van der Waals surface area contributed by atoms with Crippen molar-refractivity contribution in [3.05, 3.63) is 33.9 Å². The quantitative estimate of drug-likeness (QED) is 0.821. The summed E-state index contributed by atoms with van der Waals surface area (Å²) in [4.78, 5) is 22.3. The third-order valence-electron chi connectivity index (χ3n) is 2.37. The fourth-order valence-corrected chi connectivity index (χ4v) is 1.51. The van der Waals surface area contributed by atoms with Crippen LogP contribution in [0.1, 0.15) is 16.2 Å². The number of carboxylic acid groups (broad SMARTS) is 1. The van der Waals surface area contributed by atoms with Gasteiger partial charge in [0.25, 0.3) is 5.56 Å². The number of nitrogens with zero attached hydrogens (tertiary/aromatic N) is 3. The largest absolute Gasteiger partial charge is 0.477 e. The fraction of sp³-hybridized carbons (Fsp3) is 0.222. The number of aryl methyl sites for hydroxylation is 1. The van der Waals surface area contributed by atoms with Crippen LogP contribution in [0.3, 0.4) is 0 Å². The molecule has 6 nitrogen and oxygen atoms in total. The molecule has 2 rings (SSSR count). The van der Waals surface area contributed by atoms with E-state index in [4.69, 9.17) is 5.11 Å². The summed E-state index contributed by atoms with van der Waals surface area (Å²) < 4.78 is 38.8. The Morgan fingerprint density at radius 1 is 1.39 bits per heavy atom. The number of fused-ring (bicyclic) bond motifs is 1. The lowest BCUT2D eigenvalue weighted by Gasteiger charge is -2.05. The van der Waals surface area contributed by atoms with Gasteiger partial charge in [-0.15, -0.1) is 0 Å². The van der Waals surface area contributed by atoms with E-state index in [0.717, 1.165) is 4.57 Å². The van der Waals surface area contributed by atoms with Crippen LogP contribution >= 0.6 is 0 Å². The molecule has 0 unspecified atom stereocenters. The van der Waals surface area contributed by atoms with Crippen molar-refractivity contribution >= 4 is 11.6 Å². The van der Waals surface area contributed by atoms with E-state index in [2.05, 4.69) is 5.10 Å². The predicted octanol–water partition coefficient (Wildman–Crippen LogP) is 0.750. The van der Waals surface area contributed by atoms with E-state index in [-0.39, 0.29) is 5.65 Å². The van der Waals surface area contributed by atoms with Gasteiger partial charge in [-0.3, -0.25) is 4.79 Å². The lowest BCUT2D eigenvalue weighted by Crippen LogP contribution is -2.22. The Bertz CT molecular complexity index is 699. The zero-order chi connectivity index (χ0) is 13.7. The van der Waals surface area contributed by atoms with Crippen molar-refractivity contribution in [2.75, 3.05) is 0 Å². The highest BCUT2D eigenvalue weighted by molar-refractivity contribution is 5.86. The molecule has 0 aliphatic carbocycles. The number of halogens is 3. The molecule has 0 saturated carbocycles. The van der Waals surface area contributed by atoms with Gasteiger partial charge in [-0.05, 0) is 0 Å². The Morgan fingerprint density at radius 2 is 2.00 bits per heavy atom. The maximum absolute atomic E-state index is 12.4. The molecular weight excluding hydrogens is 255 g/mol. The molecule has 18 heavy (non-hydrogen) atoms. The molecule has 0 aliphatic rings. The monoisotopic (exact) mass is 261 g/mol. The minimum atomic E-state index is -4.70. The van der Waals surface area contributed by atoms with Gasteiger partial charge in [-0.2, -0.15) is 22.8 Å². The normalized spacial score (nSPS) is 12.0. The number of hydrogen-bond acceptors (Lipinski definition) is 3. The van der Waals surface area contributed by atoms with Crippen LogP contribution in [0.4, 0.5) is 13.2 Å². The van der Waals surface area contributed by atoms with Crippen molar-refractivity contribution in [2.24, 2.45) is 7.05 Å². The summed E-state index contributed by atoms with van der Waals surface area (Å²) in [6.45, 7) is 0. The Hall–Kier alpha value is -2.32. The third kappa shape index (κ3) is 1.73. The number of hydrogen-bond donors (Lipinski definition) is 1. The zero-order valence-electron chi connectivity index (χ0n) is 8.89. The summed E-state index contributed by atoms with van der Waals surface area (Å²) >= 11 is 0. The smallest absolute Gasteiger partial charge is 0.435 e. The van der Waals surface area contributed by atoms with Crippen molar-refractivity contribution in [1.82, 2.24) is 14.2 Å². The van der Waals surface area contributed by atoms with Crippen molar-refractivity contribution in [2.45, 2.75) is 6.18 Å². The molecule has 0 amide bonds. The molecule has 9 heteroatoms. The van der Waals surface area contributed by atoms with Gasteiger partial charge in [0, 0.05) is 19.2 Å². The first-order valence-corrected chi connectivity index (χ1v) is 4.62. The molecule has 0 bridgehead atoms. The highest BCUT2D eigenvalue weighted by Gasteiger charge is 2.35. The molecule has 0 atom stereocenters. The number of carbonyl (C=O) groups is 1. The van der Waals surface area contributed by atoms with Crippen LogP contribution in [0.5, 0.6) is 0 Å². The molecule has 2 aromatic heterocycles. The van der Waals surface area contributed by atoms with Crippen LogP contribution in [0, 0.1) is 0 Å². The van der Waals surface area contributed by atoms with E-state index in [0.29, 0.717) is 16.6 Å². The van der Waals surface area contributed by atoms with E-state index in [1.807, 2.05) is 0 Å². The molecule has 1 N–H and O–H groups in total. The number of rotatable bonds is 1. The van der Waals surface area contributed by atoms with E-state index in [1.165, 1.54) is 7.05 Å². The fourth-order valence-electron chi connectivity index (χ4n) is 1.51. The van der Waals surface area contributed by atoms with E-state index >= 15 is 0 Å². The zero-order valence-corrected chi connectivity index (χ0v) is 8.89. The van der Waals surface area contributed by atoms with Crippen LogP contribution in [0.15, 0.2) is 16.9 Å². The first-order valence-electron chi connectivity index (χ1n) is 4.62. The molecule has 2 aromatic rings. The minimum absolute atomic E-state index is 0.243. The van der Waals surface area contributed by atoms with Crippen molar-refractivity contribution in [3.8, 4) is 0 Å². The van der Waals surface area contributed by atoms with E-state index < -0.39 is 29.1 Å². The van der Waals surface area contributed by atoms with Crippen LogP contribution in [0.2, 0.25) is 0 Å². The maximum atomic E-state index is 12.4. The second kappa shape index (κ2) is 3.59. The van der Waals surface area contributed by atoms with Crippen molar-refractivity contribution < 1.29 is 23.1 Å². The van der Waals surface area contributed by atoms with Gasteiger partial charge in [-0.25, -0.2) is 4.79 Å². The van der Waals surface area contributed by atoms with Gasteiger partial charge in [0.15, 0.2) is 5.69 Å². The predicted molar refractivity (Wildman–Crippen MR) is 52.4 cm³/mol. The summed E-state index contributed by atoms with van der Waals surface area (Å²) in [6.07, 6.45) is -4.70. The Morgan fingerprint density at radius 3 is 2.50 bits per heavy atom. The number of carboxylic acids is 1. The standard InChI is InChI=1S/C9H6F3N3O3/c1-14-4(8(17)18)2-7(16)15-6(14)3-5(13-15)9(10,11)12/h2-3H,1H3,(H,17,18). The molecule has 0 aromatic carbocycles. The van der Waals surface area contributed by atoms with Gasteiger partial charge >= 0.3 is 12.1 Å². The van der Waals surface area contributed by atoms with Gasteiger partial charge in [0.1, 0.15) is 11.3 Å². The topological polar surface area (TPSA) is 76.6 Å². The first-order chi connectivity index (χ1) is 8.21. The van der Waals surface area contributed by atoms with Gasteiger partial charge in [-0.1, -0.05) is 0 Å². The summed E-state index contributed by atoms with van der Waals surface area (Å²) in [6, 6.07) is 1.33. The summed E-state index contributed by atoms with van der Waals surface area (Å²) in [7, 11) is 1.24. The highest BCUT2D eigenvalue weighted by Crippen LogP contribution is 2.28. The summed E-state index contributed by atoms with van der Waals surface area (Å²) in [5.74, 6) is -1.41. The van der Waals surface area contributed by atoms with Crippen LogP contribution in [-0.2, 0) is 13.2 Å². The Labute approximate surface area is 96.9 Å². The van der Waals surface area contributed by atoms with E-state index in [9.17, 15) is 22.8 Å². The molecular formula is C9H6F3N3O3. The second-order valence-electron chi connectivity index (χ2n) is 3.53. The average Bonchev–Trinajstić information content (AvgIpc) is 2.67. The Balaban J connectivity index is 2.85. The minimum Gasteiger partial charge on any atom is -0.477 e. The SMILES string of the molecule is Cn1c(C(=O)O)cc(=O)n2nc(C(F)(F)F)cc12. The lowest BCUT2D eigenvalue weighted by atomic mass is 10.3. The molecule has 0 spiro atoms. The number of aromatic carboxylic acids is 1. The van der Waals surface area contributed by atoms with Crippen molar-refractivity contribution in [3.63, 3.8) is 0 Å². The van der Waals surface area contributed by atoms with Crippen LogP contribution in [-0.4, -0.2) is 25.3 Å². The molecule has 0 saturated heterocycles. The van der Waals surface area contributed by atoms with Gasteiger partial charge in [0.05, 0.1) is 0 Å². The molecule has 0 radical (unpaired) electrons. The molecule has 0 aliphatic heterocycles. The average molecular weight is 261 g/mol. The number of alkyl halides is 3. The molecule has 0 fully saturated rings. The highest BCUT2D eigenvalue weighted by atomic mass is 19.4. The number of aromatic nitrogens is 3. The lowest BCUT2D eigenvalue weighted by molar-refractivity contribution is -0.141. The van der Waals surface area contributed by atoms with Gasteiger partial charge < -0.3 is 9.67 Å². The third-order valence-corrected chi connectivity index (χ3v) is 2.37. The maximum Gasteiger partial charge on any atom is 0.435 e. The summed E-state index contributed by atoms with van der Waals surface area (Å²) in [5.41, 5.74) is -2.85. The van der Waals surface area contributed by atoms with Crippen LogP contribution in [0.25, 0.3) is 5.65 Å². The van der Waals surface area contributed by atoms with E-state index in [1.54, 1.807) is 0 Å². The molecule has 96 valence electrons. The second-order valence-corrected chi connectivity index (χ2v) is 3.53. The molecule has 2 heterocycles. The van der Waals surface area contributed by atoms with Gasteiger partial charge in [0.2, 0.25) is 0 Å². The first kappa shape index (κ1) is 12.1. The van der Waals surface area contributed by atoms with Crippen LogP contribution < -0.4 is 5.56 Å². The van der Waals surface area contributed by atoms with Crippen molar-refractivity contribution in [1.29, 1.82) is 0 Å². The summed E-state index contributed by atoms with van der Waals surface area (Å²) in [5, 5.41) is 11.9.